The van der Waals surface area contributed by atoms with Crippen LogP contribution in [0.1, 0.15) is 76.3 Å². The van der Waals surface area contributed by atoms with Gasteiger partial charge < -0.3 is 5.32 Å². The standard InChI is InChI=1S/C28H33NO2/c1-3-4-5-6-7-14-19-26(31)25-20-24(21(2)30)27(22-15-10-8-11-16-22)29-28(25)23-17-12-9-13-18-23/h8-13,15-18,29H,3-7,14,19-20H2,1-2H3. The minimum Gasteiger partial charge on any atom is -0.354 e. The van der Waals surface area contributed by atoms with E-state index >= 15 is 0 Å². The predicted molar refractivity (Wildman–Crippen MR) is 128 cm³/mol. The summed E-state index contributed by atoms with van der Waals surface area (Å²) in [4.78, 5) is 25.8. The Hall–Kier alpha value is -2.94. The molecule has 0 fully saturated rings. The number of hydrogen-bond acceptors (Lipinski definition) is 3. The lowest BCUT2D eigenvalue weighted by Crippen LogP contribution is -2.25. The smallest absolute Gasteiger partial charge is 0.161 e. The van der Waals surface area contributed by atoms with E-state index in [1.807, 2.05) is 60.7 Å². The Morgan fingerprint density at radius 2 is 1.26 bits per heavy atom. The highest BCUT2D eigenvalue weighted by atomic mass is 16.1. The molecule has 0 spiro atoms. The number of dihydropyridines is 1. The summed E-state index contributed by atoms with van der Waals surface area (Å²) in [6.45, 7) is 3.80. The lowest BCUT2D eigenvalue weighted by Gasteiger charge is -2.27. The van der Waals surface area contributed by atoms with E-state index in [1.165, 1.54) is 25.7 Å². The zero-order valence-electron chi connectivity index (χ0n) is 18.7. The Morgan fingerprint density at radius 3 is 1.81 bits per heavy atom. The molecular formula is C28H33NO2. The van der Waals surface area contributed by atoms with Crippen LogP contribution in [-0.2, 0) is 9.59 Å². The van der Waals surface area contributed by atoms with Gasteiger partial charge in [-0.25, -0.2) is 0 Å². The molecule has 0 aromatic heterocycles. The molecule has 0 aliphatic carbocycles. The molecule has 0 radical (unpaired) electrons. The number of ketones is 2. The van der Waals surface area contributed by atoms with Crippen molar-refractivity contribution in [3.63, 3.8) is 0 Å². The molecular weight excluding hydrogens is 382 g/mol. The van der Waals surface area contributed by atoms with Gasteiger partial charge in [0, 0.05) is 24.0 Å². The number of carbonyl (C=O) groups is 2. The molecule has 1 aliphatic rings. The van der Waals surface area contributed by atoms with E-state index in [2.05, 4.69) is 12.2 Å². The van der Waals surface area contributed by atoms with Crippen molar-refractivity contribution < 1.29 is 9.59 Å². The topological polar surface area (TPSA) is 46.2 Å². The third-order valence-corrected chi connectivity index (χ3v) is 5.85. The third kappa shape index (κ3) is 6.04. The van der Waals surface area contributed by atoms with Gasteiger partial charge in [0.2, 0.25) is 0 Å². The van der Waals surface area contributed by atoms with E-state index in [-0.39, 0.29) is 11.6 Å². The summed E-state index contributed by atoms with van der Waals surface area (Å²) in [5.74, 6) is 0.149. The molecule has 1 aliphatic heterocycles. The van der Waals surface area contributed by atoms with Gasteiger partial charge in [-0.15, -0.1) is 0 Å². The van der Waals surface area contributed by atoms with Crippen LogP contribution in [0.3, 0.4) is 0 Å². The van der Waals surface area contributed by atoms with Crippen LogP contribution in [0.15, 0.2) is 71.8 Å². The maximum atomic E-state index is 13.3. The van der Waals surface area contributed by atoms with Crippen molar-refractivity contribution in [3.8, 4) is 0 Å². The quantitative estimate of drug-likeness (QED) is 0.415. The molecule has 3 heteroatoms. The van der Waals surface area contributed by atoms with Crippen molar-refractivity contribution in [3.05, 3.63) is 82.9 Å². The molecule has 0 bridgehead atoms. The molecule has 2 aromatic carbocycles. The fourth-order valence-corrected chi connectivity index (χ4v) is 4.09. The van der Waals surface area contributed by atoms with E-state index in [1.54, 1.807) is 6.92 Å². The van der Waals surface area contributed by atoms with Crippen LogP contribution < -0.4 is 5.32 Å². The Labute approximate surface area is 186 Å². The van der Waals surface area contributed by atoms with E-state index in [4.69, 9.17) is 0 Å². The Bertz CT molecular complexity index is 955. The molecule has 3 rings (SSSR count). The van der Waals surface area contributed by atoms with Crippen molar-refractivity contribution in [2.24, 2.45) is 0 Å². The van der Waals surface area contributed by atoms with Crippen molar-refractivity contribution in [1.82, 2.24) is 5.32 Å². The molecule has 162 valence electrons. The summed E-state index contributed by atoms with van der Waals surface area (Å²) < 4.78 is 0. The van der Waals surface area contributed by atoms with Gasteiger partial charge in [-0.2, -0.15) is 0 Å². The molecule has 0 amide bonds. The van der Waals surface area contributed by atoms with E-state index < -0.39 is 0 Å². The van der Waals surface area contributed by atoms with Crippen molar-refractivity contribution in [2.45, 2.75) is 65.2 Å². The van der Waals surface area contributed by atoms with Crippen molar-refractivity contribution in [2.75, 3.05) is 0 Å². The maximum absolute atomic E-state index is 13.3. The van der Waals surface area contributed by atoms with Gasteiger partial charge in [0.1, 0.15) is 0 Å². The molecule has 0 saturated heterocycles. The summed E-state index contributed by atoms with van der Waals surface area (Å²) in [6.07, 6.45) is 7.80. The minimum absolute atomic E-state index is 0.00308. The van der Waals surface area contributed by atoms with Crippen LogP contribution in [0.4, 0.5) is 0 Å². The highest BCUT2D eigenvalue weighted by Gasteiger charge is 2.27. The van der Waals surface area contributed by atoms with E-state index in [0.29, 0.717) is 18.4 Å². The Morgan fingerprint density at radius 1 is 0.742 bits per heavy atom. The predicted octanol–water partition coefficient (Wildman–Crippen LogP) is 6.71. The second kappa shape index (κ2) is 11.5. The SMILES string of the molecule is CCCCCCCCC(=O)C1=C(c2ccccc2)NC(c2ccccc2)=C(C(C)=O)C1. The number of rotatable bonds is 11. The Balaban J connectivity index is 1.88. The first-order valence-electron chi connectivity index (χ1n) is 11.5. The highest BCUT2D eigenvalue weighted by Crippen LogP contribution is 2.34. The molecule has 0 unspecified atom stereocenters. The second-order valence-corrected chi connectivity index (χ2v) is 8.24. The van der Waals surface area contributed by atoms with Gasteiger partial charge in [-0.05, 0) is 24.5 Å². The Kier molecular flexibility index (Phi) is 8.40. The summed E-state index contributed by atoms with van der Waals surface area (Å²) in [6, 6.07) is 19.8. The first-order valence-corrected chi connectivity index (χ1v) is 11.5. The minimum atomic E-state index is 0.00308. The van der Waals surface area contributed by atoms with Gasteiger partial charge in [-0.1, -0.05) is 99.7 Å². The molecule has 1 heterocycles. The highest BCUT2D eigenvalue weighted by molar-refractivity contribution is 6.11. The van der Waals surface area contributed by atoms with Crippen LogP contribution in [0.25, 0.3) is 11.4 Å². The first-order chi connectivity index (χ1) is 15.1. The van der Waals surface area contributed by atoms with Gasteiger partial charge in [0.15, 0.2) is 11.6 Å². The summed E-state index contributed by atoms with van der Waals surface area (Å²) in [7, 11) is 0. The van der Waals surface area contributed by atoms with Crippen LogP contribution in [0, 0.1) is 0 Å². The number of allylic oxidation sites excluding steroid dienone is 2. The molecule has 2 aromatic rings. The molecule has 31 heavy (non-hydrogen) atoms. The number of hydrogen-bond donors (Lipinski definition) is 1. The van der Waals surface area contributed by atoms with Gasteiger partial charge >= 0.3 is 0 Å². The summed E-state index contributed by atoms with van der Waals surface area (Å²) in [5.41, 5.74) is 4.98. The fraction of sp³-hybridized carbons (Fsp3) is 0.357. The number of Topliss-reactive ketones (excluding diaryl/α,β-unsaturated/α-hetero) is 2. The first kappa shape index (κ1) is 22.7. The van der Waals surface area contributed by atoms with Crippen LogP contribution in [0.5, 0.6) is 0 Å². The van der Waals surface area contributed by atoms with Gasteiger partial charge in [-0.3, -0.25) is 9.59 Å². The summed E-state index contributed by atoms with van der Waals surface area (Å²) in [5, 5.41) is 3.48. The number of unbranched alkanes of at least 4 members (excludes halogenated alkanes) is 5. The average molecular weight is 416 g/mol. The maximum Gasteiger partial charge on any atom is 0.161 e. The number of nitrogens with one attached hydrogen (secondary N) is 1. The van der Waals surface area contributed by atoms with Crippen LogP contribution in [0.2, 0.25) is 0 Å². The number of carbonyl (C=O) groups excluding carboxylic acids is 2. The average Bonchev–Trinajstić information content (AvgIpc) is 2.81. The molecule has 0 saturated carbocycles. The molecule has 0 atom stereocenters. The zero-order chi connectivity index (χ0) is 22.1. The van der Waals surface area contributed by atoms with Crippen LogP contribution >= 0.6 is 0 Å². The van der Waals surface area contributed by atoms with Gasteiger partial charge in [0.25, 0.3) is 0 Å². The van der Waals surface area contributed by atoms with Crippen LogP contribution in [-0.4, -0.2) is 11.6 Å². The van der Waals surface area contributed by atoms with E-state index in [9.17, 15) is 9.59 Å². The largest absolute Gasteiger partial charge is 0.354 e. The monoisotopic (exact) mass is 415 g/mol. The normalized spacial score (nSPS) is 13.9. The lowest BCUT2D eigenvalue weighted by molar-refractivity contribution is -0.115. The van der Waals surface area contributed by atoms with E-state index in [0.717, 1.165) is 40.9 Å². The van der Waals surface area contributed by atoms with Crippen molar-refractivity contribution >= 4 is 23.0 Å². The zero-order valence-corrected chi connectivity index (χ0v) is 18.7. The number of benzene rings is 2. The molecule has 1 N–H and O–H groups in total. The summed E-state index contributed by atoms with van der Waals surface area (Å²) >= 11 is 0. The lowest BCUT2D eigenvalue weighted by atomic mass is 9.87. The molecule has 3 nitrogen and oxygen atoms in total. The third-order valence-electron chi connectivity index (χ3n) is 5.85. The van der Waals surface area contributed by atoms with Crippen molar-refractivity contribution in [1.29, 1.82) is 0 Å². The van der Waals surface area contributed by atoms with Gasteiger partial charge in [0.05, 0.1) is 11.4 Å². The second-order valence-electron chi connectivity index (χ2n) is 8.24. The fourth-order valence-electron chi connectivity index (χ4n) is 4.09.